The molecule has 0 spiro atoms. The van der Waals surface area contributed by atoms with Crippen LogP contribution in [0.4, 0.5) is 0 Å². The summed E-state index contributed by atoms with van der Waals surface area (Å²) >= 11 is 0. The minimum atomic E-state index is 0.848. The van der Waals surface area contributed by atoms with Crippen LogP contribution in [0.15, 0.2) is 49.1 Å². The van der Waals surface area contributed by atoms with Crippen LogP contribution in [0.25, 0.3) is 6.08 Å². The molecular formula is C13H13N2. The van der Waals surface area contributed by atoms with E-state index in [0.29, 0.717) is 0 Å². The van der Waals surface area contributed by atoms with E-state index < -0.39 is 0 Å². The molecule has 0 bridgehead atoms. The van der Waals surface area contributed by atoms with Crippen molar-refractivity contribution in [2.24, 2.45) is 0 Å². The van der Waals surface area contributed by atoms with Crippen LogP contribution >= 0.6 is 0 Å². The third-order valence-corrected chi connectivity index (χ3v) is 2.26. The van der Waals surface area contributed by atoms with E-state index in [1.165, 1.54) is 11.1 Å². The molecule has 15 heavy (non-hydrogen) atoms. The summed E-state index contributed by atoms with van der Waals surface area (Å²) in [6, 6.07) is 8.29. The lowest BCUT2D eigenvalue weighted by Gasteiger charge is -2.06. The van der Waals surface area contributed by atoms with Crippen LogP contribution in [0, 0.1) is 6.92 Å². The molecule has 0 unspecified atom stereocenters. The molecule has 0 amide bonds. The summed E-state index contributed by atoms with van der Waals surface area (Å²) in [6.07, 6.45) is 9.41. The van der Waals surface area contributed by atoms with Gasteiger partial charge in [-0.3, -0.25) is 0 Å². The summed E-state index contributed by atoms with van der Waals surface area (Å²) in [4.78, 5) is 4.03. The standard InChI is InChI=1S/C13H13N2/c1-2-5-12-6-3-4-7-13(12)10-15-9-8-14-11-15/h2-9,11H,1,10H2/b5-2+. The normalized spacial score (nSPS) is 11.0. The van der Waals surface area contributed by atoms with Crippen LogP contribution in [0.2, 0.25) is 0 Å². The molecule has 75 valence electrons. The highest BCUT2D eigenvalue weighted by atomic mass is 15.0. The molecule has 0 aliphatic carbocycles. The first-order valence-corrected chi connectivity index (χ1v) is 4.89. The number of imidazole rings is 1. The molecule has 2 rings (SSSR count). The van der Waals surface area contributed by atoms with Crippen molar-refractivity contribution in [1.29, 1.82) is 0 Å². The van der Waals surface area contributed by atoms with E-state index in [9.17, 15) is 0 Å². The van der Waals surface area contributed by atoms with Gasteiger partial charge in [0.2, 0.25) is 0 Å². The van der Waals surface area contributed by atoms with E-state index in [4.69, 9.17) is 0 Å². The highest BCUT2D eigenvalue weighted by Crippen LogP contribution is 2.12. The Bertz CT molecular complexity index is 441. The number of nitrogens with zero attached hydrogens (tertiary/aromatic N) is 2. The number of aromatic nitrogens is 2. The molecule has 2 nitrogen and oxygen atoms in total. The molecule has 0 N–H and O–H groups in total. The predicted molar refractivity (Wildman–Crippen MR) is 62.2 cm³/mol. The van der Waals surface area contributed by atoms with Crippen molar-refractivity contribution in [2.75, 3.05) is 0 Å². The highest BCUT2D eigenvalue weighted by molar-refractivity contribution is 5.54. The second-order valence-corrected chi connectivity index (χ2v) is 3.34. The van der Waals surface area contributed by atoms with Crippen LogP contribution in [-0.2, 0) is 6.54 Å². The summed E-state index contributed by atoms with van der Waals surface area (Å²) in [6.45, 7) is 4.57. The fourth-order valence-corrected chi connectivity index (χ4v) is 1.54. The van der Waals surface area contributed by atoms with Gasteiger partial charge in [-0.15, -0.1) is 0 Å². The highest BCUT2D eigenvalue weighted by Gasteiger charge is 1.98. The van der Waals surface area contributed by atoms with E-state index in [0.717, 1.165) is 6.54 Å². The largest absolute Gasteiger partial charge is 0.333 e. The Morgan fingerprint density at radius 1 is 1.33 bits per heavy atom. The predicted octanol–water partition coefficient (Wildman–Crippen LogP) is 2.78. The summed E-state index contributed by atoms with van der Waals surface area (Å²) in [5.41, 5.74) is 2.48. The molecule has 2 heteroatoms. The van der Waals surface area contributed by atoms with E-state index in [2.05, 4.69) is 28.6 Å². The molecule has 0 aliphatic heterocycles. The number of hydrogen-bond acceptors (Lipinski definition) is 1. The van der Waals surface area contributed by atoms with E-state index in [1.54, 1.807) is 6.20 Å². The molecule has 1 aromatic carbocycles. The third kappa shape index (κ3) is 2.34. The molecule has 1 radical (unpaired) electrons. The van der Waals surface area contributed by atoms with Crippen molar-refractivity contribution in [2.45, 2.75) is 6.54 Å². The fraction of sp³-hybridized carbons (Fsp3) is 0.0769. The van der Waals surface area contributed by atoms with Gasteiger partial charge in [0.25, 0.3) is 0 Å². The van der Waals surface area contributed by atoms with Gasteiger partial charge in [-0.25, -0.2) is 4.98 Å². The van der Waals surface area contributed by atoms with Gasteiger partial charge in [0.1, 0.15) is 0 Å². The van der Waals surface area contributed by atoms with Gasteiger partial charge in [-0.05, 0) is 18.1 Å². The van der Waals surface area contributed by atoms with Gasteiger partial charge < -0.3 is 4.57 Å². The monoisotopic (exact) mass is 197 g/mol. The lowest BCUT2D eigenvalue weighted by Crippen LogP contribution is -1.98. The maximum Gasteiger partial charge on any atom is 0.0949 e. The van der Waals surface area contributed by atoms with E-state index in [-0.39, 0.29) is 0 Å². The first kappa shape index (κ1) is 9.71. The van der Waals surface area contributed by atoms with Crippen molar-refractivity contribution in [3.63, 3.8) is 0 Å². The molecule has 0 saturated carbocycles. The second-order valence-electron chi connectivity index (χ2n) is 3.34. The fourth-order valence-electron chi connectivity index (χ4n) is 1.54. The van der Waals surface area contributed by atoms with Crippen LogP contribution in [0.3, 0.4) is 0 Å². The van der Waals surface area contributed by atoms with Gasteiger partial charge in [0, 0.05) is 18.9 Å². The molecular weight excluding hydrogens is 184 g/mol. The molecule has 0 aliphatic rings. The van der Waals surface area contributed by atoms with Crippen molar-refractivity contribution >= 4 is 6.08 Å². The first-order chi connectivity index (χ1) is 7.40. The topological polar surface area (TPSA) is 17.8 Å². The summed E-state index contributed by atoms with van der Waals surface area (Å²) in [7, 11) is 0. The maximum absolute atomic E-state index is 4.03. The van der Waals surface area contributed by atoms with Gasteiger partial charge >= 0.3 is 0 Å². The summed E-state index contributed by atoms with van der Waals surface area (Å²) in [5.74, 6) is 0. The minimum Gasteiger partial charge on any atom is -0.333 e. The van der Waals surface area contributed by atoms with Gasteiger partial charge in [0.05, 0.1) is 6.33 Å². The molecule has 2 aromatic rings. The van der Waals surface area contributed by atoms with Crippen molar-refractivity contribution < 1.29 is 0 Å². The van der Waals surface area contributed by atoms with Crippen LogP contribution in [0.1, 0.15) is 11.1 Å². The lowest BCUT2D eigenvalue weighted by molar-refractivity contribution is 0.796. The molecule has 0 saturated heterocycles. The molecule has 0 fully saturated rings. The van der Waals surface area contributed by atoms with Crippen molar-refractivity contribution in [3.05, 3.63) is 67.1 Å². The minimum absolute atomic E-state index is 0.848. The smallest absolute Gasteiger partial charge is 0.0949 e. The Morgan fingerprint density at radius 2 is 2.20 bits per heavy atom. The number of allylic oxidation sites excluding steroid dienone is 1. The van der Waals surface area contributed by atoms with Gasteiger partial charge in [-0.1, -0.05) is 36.4 Å². The lowest BCUT2D eigenvalue weighted by atomic mass is 10.1. The zero-order valence-corrected chi connectivity index (χ0v) is 8.50. The molecule has 0 atom stereocenters. The van der Waals surface area contributed by atoms with E-state index in [1.807, 2.05) is 36.8 Å². The Labute approximate surface area is 89.9 Å². The number of rotatable bonds is 3. The molecule has 1 heterocycles. The summed E-state index contributed by atoms with van der Waals surface area (Å²) < 4.78 is 2.05. The Hall–Kier alpha value is -1.83. The zero-order chi connectivity index (χ0) is 10.5. The second kappa shape index (κ2) is 4.60. The van der Waals surface area contributed by atoms with Gasteiger partial charge in [0.15, 0.2) is 0 Å². The first-order valence-electron chi connectivity index (χ1n) is 4.89. The molecule has 1 aromatic heterocycles. The van der Waals surface area contributed by atoms with Crippen molar-refractivity contribution in [3.8, 4) is 0 Å². The third-order valence-electron chi connectivity index (χ3n) is 2.26. The average Bonchev–Trinajstić information content (AvgIpc) is 2.74. The average molecular weight is 197 g/mol. The number of hydrogen-bond donors (Lipinski definition) is 0. The quantitative estimate of drug-likeness (QED) is 0.739. The van der Waals surface area contributed by atoms with Crippen LogP contribution < -0.4 is 0 Å². The summed E-state index contributed by atoms with van der Waals surface area (Å²) in [5, 5.41) is 0. The Balaban J connectivity index is 2.27. The van der Waals surface area contributed by atoms with Crippen LogP contribution in [-0.4, -0.2) is 9.55 Å². The van der Waals surface area contributed by atoms with Crippen LogP contribution in [0.5, 0.6) is 0 Å². The maximum atomic E-state index is 4.03. The van der Waals surface area contributed by atoms with Crippen molar-refractivity contribution in [1.82, 2.24) is 9.55 Å². The van der Waals surface area contributed by atoms with E-state index >= 15 is 0 Å². The number of benzene rings is 1. The zero-order valence-electron chi connectivity index (χ0n) is 8.50. The van der Waals surface area contributed by atoms with Gasteiger partial charge in [-0.2, -0.15) is 0 Å². The SMILES string of the molecule is [CH2]/C=C/c1ccccc1Cn1ccnc1. The Kier molecular flexibility index (Phi) is 2.98. The Morgan fingerprint density at radius 3 is 2.93 bits per heavy atom.